The van der Waals surface area contributed by atoms with Crippen molar-refractivity contribution < 1.29 is 10.2 Å². The summed E-state index contributed by atoms with van der Waals surface area (Å²) in [5.74, 6) is 2.72. The maximum absolute atomic E-state index is 10.6. The molecule has 4 unspecified atom stereocenters. The average Bonchev–Trinajstić information content (AvgIpc) is 3.10. The summed E-state index contributed by atoms with van der Waals surface area (Å²) in [7, 11) is 0. The fourth-order valence-corrected chi connectivity index (χ4v) is 4.88. The number of hydrogen-bond acceptors (Lipinski definition) is 2. The average molecular weight is 302 g/mol. The van der Waals surface area contributed by atoms with Crippen LogP contribution in [0.15, 0.2) is 12.1 Å². The van der Waals surface area contributed by atoms with E-state index in [-0.39, 0.29) is 0 Å². The second-order valence-electron chi connectivity index (χ2n) is 8.23. The van der Waals surface area contributed by atoms with E-state index in [0.29, 0.717) is 40.6 Å². The van der Waals surface area contributed by atoms with Crippen molar-refractivity contribution in [3.8, 4) is 11.5 Å². The monoisotopic (exact) mass is 302 g/mol. The molecule has 122 valence electrons. The number of phenols is 2. The topological polar surface area (TPSA) is 40.5 Å². The van der Waals surface area contributed by atoms with Gasteiger partial charge in [-0.3, -0.25) is 0 Å². The van der Waals surface area contributed by atoms with E-state index >= 15 is 0 Å². The Morgan fingerprint density at radius 2 is 1.86 bits per heavy atom. The molecule has 2 heteroatoms. The first kappa shape index (κ1) is 15.7. The molecule has 2 N–H and O–H groups in total. The first-order valence-corrected chi connectivity index (χ1v) is 8.92. The molecule has 4 atom stereocenters. The third-order valence-electron chi connectivity index (χ3n) is 6.29. The van der Waals surface area contributed by atoms with Crippen molar-refractivity contribution in [3.63, 3.8) is 0 Å². The van der Waals surface area contributed by atoms with E-state index in [1.807, 2.05) is 12.1 Å². The number of aromatic hydroxyl groups is 2. The summed E-state index contributed by atoms with van der Waals surface area (Å²) in [6.07, 6.45) is 5.69. The maximum atomic E-state index is 10.6. The Hall–Kier alpha value is -1.18. The highest BCUT2D eigenvalue weighted by Gasteiger charge is 2.59. The van der Waals surface area contributed by atoms with Crippen molar-refractivity contribution in [1.82, 2.24) is 0 Å². The molecule has 0 bridgehead atoms. The second kappa shape index (κ2) is 5.47. The van der Waals surface area contributed by atoms with Crippen LogP contribution in [0.5, 0.6) is 11.5 Å². The van der Waals surface area contributed by atoms with Crippen LogP contribution in [0.25, 0.3) is 0 Å². The summed E-state index contributed by atoms with van der Waals surface area (Å²) in [6.45, 7) is 9.05. The van der Waals surface area contributed by atoms with E-state index in [1.165, 1.54) is 19.3 Å². The van der Waals surface area contributed by atoms with Crippen molar-refractivity contribution >= 4 is 0 Å². The lowest BCUT2D eigenvalue weighted by Crippen LogP contribution is -2.27. The minimum absolute atomic E-state index is 0.314. The minimum Gasteiger partial charge on any atom is -0.508 e. The summed E-state index contributed by atoms with van der Waals surface area (Å²) in [5, 5.41) is 21.2. The van der Waals surface area contributed by atoms with Gasteiger partial charge in [0.05, 0.1) is 0 Å². The Morgan fingerprint density at radius 1 is 1.23 bits per heavy atom. The lowest BCUT2D eigenvalue weighted by atomic mass is 9.67. The van der Waals surface area contributed by atoms with Crippen molar-refractivity contribution in [2.24, 2.45) is 23.2 Å². The standard InChI is InChI=1S/C20H30O2/c1-5-6-13-9-16(21)19(17(22)10-13)18-14(12(2)3)7-8-20(4)11-15(18)20/h9-10,12,14-15,18,21-22H,5-8,11H2,1-4H3. The molecule has 2 aliphatic carbocycles. The first-order chi connectivity index (χ1) is 10.4. The van der Waals surface area contributed by atoms with E-state index in [4.69, 9.17) is 0 Å². The number of benzene rings is 1. The van der Waals surface area contributed by atoms with Crippen LogP contribution in [0.4, 0.5) is 0 Å². The SMILES string of the molecule is CCCc1cc(O)c(C2C(C(C)C)CCC3(C)CC23)c(O)c1. The largest absolute Gasteiger partial charge is 0.508 e. The molecule has 3 rings (SSSR count). The van der Waals surface area contributed by atoms with Crippen LogP contribution < -0.4 is 0 Å². The van der Waals surface area contributed by atoms with Crippen LogP contribution in [-0.4, -0.2) is 10.2 Å². The van der Waals surface area contributed by atoms with E-state index < -0.39 is 0 Å². The van der Waals surface area contributed by atoms with Gasteiger partial charge in [0.15, 0.2) is 0 Å². The van der Waals surface area contributed by atoms with Crippen molar-refractivity contribution in [2.75, 3.05) is 0 Å². The summed E-state index contributed by atoms with van der Waals surface area (Å²) in [5.41, 5.74) is 2.31. The summed E-state index contributed by atoms with van der Waals surface area (Å²) in [4.78, 5) is 0. The lowest BCUT2D eigenvalue weighted by molar-refractivity contribution is 0.185. The van der Waals surface area contributed by atoms with Crippen LogP contribution in [0.1, 0.15) is 70.4 Å². The van der Waals surface area contributed by atoms with Crippen LogP contribution >= 0.6 is 0 Å². The lowest BCUT2D eigenvalue weighted by Gasteiger charge is -2.37. The molecule has 2 nitrogen and oxygen atoms in total. The fraction of sp³-hybridized carbons (Fsp3) is 0.700. The smallest absolute Gasteiger partial charge is 0.123 e. The molecule has 2 aliphatic rings. The Kier molecular flexibility index (Phi) is 3.91. The highest BCUT2D eigenvalue weighted by molar-refractivity contribution is 5.50. The molecular formula is C20H30O2. The molecule has 0 amide bonds. The number of phenolic OH excluding ortho intramolecular Hbond substituents is 2. The van der Waals surface area contributed by atoms with Crippen LogP contribution in [0.3, 0.4) is 0 Å². The number of rotatable bonds is 4. The molecule has 0 radical (unpaired) electrons. The van der Waals surface area contributed by atoms with Gasteiger partial charge in [0.25, 0.3) is 0 Å². The van der Waals surface area contributed by atoms with Crippen LogP contribution in [-0.2, 0) is 6.42 Å². The number of aryl methyl sites for hydroxylation is 1. The molecule has 0 aromatic heterocycles. The highest BCUT2D eigenvalue weighted by Crippen LogP contribution is 2.69. The molecule has 1 aromatic rings. The quantitative estimate of drug-likeness (QED) is 0.800. The summed E-state index contributed by atoms with van der Waals surface area (Å²) < 4.78 is 0. The Labute approximate surface area is 134 Å². The van der Waals surface area contributed by atoms with E-state index in [0.717, 1.165) is 24.0 Å². The van der Waals surface area contributed by atoms with Crippen molar-refractivity contribution in [2.45, 2.75) is 65.7 Å². The Morgan fingerprint density at radius 3 is 2.41 bits per heavy atom. The van der Waals surface area contributed by atoms with Gasteiger partial charge in [-0.2, -0.15) is 0 Å². The third-order valence-corrected chi connectivity index (χ3v) is 6.29. The van der Waals surface area contributed by atoms with Crippen LogP contribution in [0, 0.1) is 23.2 Å². The molecule has 2 fully saturated rings. The van der Waals surface area contributed by atoms with Gasteiger partial charge >= 0.3 is 0 Å². The minimum atomic E-state index is 0.314. The fourth-order valence-electron chi connectivity index (χ4n) is 4.88. The van der Waals surface area contributed by atoms with Gasteiger partial charge in [0.1, 0.15) is 11.5 Å². The van der Waals surface area contributed by atoms with Gasteiger partial charge in [0, 0.05) is 5.56 Å². The zero-order valence-corrected chi connectivity index (χ0v) is 14.4. The molecule has 0 aliphatic heterocycles. The second-order valence-corrected chi connectivity index (χ2v) is 8.23. The van der Waals surface area contributed by atoms with E-state index in [1.54, 1.807) is 0 Å². The van der Waals surface area contributed by atoms with Crippen molar-refractivity contribution in [3.05, 3.63) is 23.3 Å². The van der Waals surface area contributed by atoms with Gasteiger partial charge in [0.2, 0.25) is 0 Å². The predicted octanol–water partition coefficient (Wildman–Crippen LogP) is 5.23. The van der Waals surface area contributed by atoms with Crippen molar-refractivity contribution in [1.29, 1.82) is 0 Å². The Bertz CT molecular complexity index is 540. The summed E-state index contributed by atoms with van der Waals surface area (Å²) in [6, 6.07) is 3.76. The van der Waals surface area contributed by atoms with E-state index in [2.05, 4.69) is 27.7 Å². The van der Waals surface area contributed by atoms with Gasteiger partial charge in [-0.1, -0.05) is 34.1 Å². The van der Waals surface area contributed by atoms with E-state index in [9.17, 15) is 10.2 Å². The number of fused-ring (bicyclic) bond motifs is 1. The molecular weight excluding hydrogens is 272 g/mol. The molecule has 2 saturated carbocycles. The zero-order valence-electron chi connectivity index (χ0n) is 14.4. The van der Waals surface area contributed by atoms with Gasteiger partial charge in [-0.25, -0.2) is 0 Å². The molecule has 1 aromatic carbocycles. The normalized spacial score (nSPS) is 33.8. The van der Waals surface area contributed by atoms with Gasteiger partial charge in [-0.15, -0.1) is 0 Å². The molecule has 0 heterocycles. The predicted molar refractivity (Wildman–Crippen MR) is 90.3 cm³/mol. The summed E-state index contributed by atoms with van der Waals surface area (Å²) >= 11 is 0. The molecule has 22 heavy (non-hydrogen) atoms. The Balaban J connectivity index is 2.00. The third kappa shape index (κ3) is 2.51. The van der Waals surface area contributed by atoms with Gasteiger partial charge < -0.3 is 10.2 Å². The first-order valence-electron chi connectivity index (χ1n) is 8.92. The number of hydrogen-bond donors (Lipinski definition) is 2. The highest BCUT2D eigenvalue weighted by atomic mass is 16.3. The van der Waals surface area contributed by atoms with Gasteiger partial charge in [-0.05, 0) is 72.5 Å². The maximum Gasteiger partial charge on any atom is 0.123 e. The zero-order chi connectivity index (χ0) is 16.1. The van der Waals surface area contributed by atoms with Crippen LogP contribution in [0.2, 0.25) is 0 Å². The molecule has 0 saturated heterocycles. The molecule has 0 spiro atoms.